The fraction of sp³-hybridized carbons (Fsp3) is 0.222. The normalized spacial score (nSPS) is 9.21. The van der Waals surface area contributed by atoms with E-state index >= 15 is 0 Å². The molecule has 0 bridgehead atoms. The molecule has 0 aliphatic rings. The van der Waals surface area contributed by atoms with Crippen LogP contribution in [0.1, 0.15) is 23.0 Å². The largest absolute Gasteiger partial charge is 0.462 e. The van der Waals surface area contributed by atoms with Crippen LogP contribution in [-0.4, -0.2) is 17.6 Å². The number of esters is 1. The molecule has 1 rings (SSSR count). The molecule has 0 atom stereocenters. The molecule has 14 heavy (non-hydrogen) atoms. The van der Waals surface area contributed by atoms with Gasteiger partial charge < -0.3 is 4.74 Å². The van der Waals surface area contributed by atoms with Gasteiger partial charge >= 0.3 is 5.97 Å². The number of hydrogen-bond donors (Lipinski definition) is 0. The van der Waals surface area contributed by atoms with E-state index in [1.165, 1.54) is 12.3 Å². The fourth-order valence-corrected chi connectivity index (χ4v) is 1.28. The van der Waals surface area contributed by atoms with E-state index in [2.05, 4.69) is 20.9 Å². The van der Waals surface area contributed by atoms with Crippen LogP contribution >= 0.6 is 15.9 Å². The average Bonchev–Trinajstić information content (AvgIpc) is 2.18. The Morgan fingerprint density at radius 3 is 3.00 bits per heavy atom. The lowest BCUT2D eigenvalue weighted by Gasteiger charge is -2.01. The number of halogens is 1. The van der Waals surface area contributed by atoms with Gasteiger partial charge in [-0.2, -0.15) is 5.26 Å². The molecule has 0 radical (unpaired) electrons. The Kier molecular flexibility index (Phi) is 3.60. The SMILES string of the molecule is CCOC(=O)c1cnc(C#N)c(Br)c1. The zero-order chi connectivity index (χ0) is 10.6. The summed E-state index contributed by atoms with van der Waals surface area (Å²) in [6, 6.07) is 3.40. The van der Waals surface area contributed by atoms with Crippen LogP contribution in [0.25, 0.3) is 0 Å². The van der Waals surface area contributed by atoms with Gasteiger partial charge in [-0.25, -0.2) is 9.78 Å². The standard InChI is InChI=1S/C9H7BrN2O2/c1-2-14-9(13)6-3-7(10)8(4-11)12-5-6/h3,5H,2H2,1H3. The number of hydrogen-bond acceptors (Lipinski definition) is 4. The van der Waals surface area contributed by atoms with Gasteiger partial charge in [0.2, 0.25) is 0 Å². The monoisotopic (exact) mass is 254 g/mol. The fourth-order valence-electron chi connectivity index (χ4n) is 0.846. The summed E-state index contributed by atoms with van der Waals surface area (Å²) in [5.41, 5.74) is 0.579. The molecule has 72 valence electrons. The minimum Gasteiger partial charge on any atom is -0.462 e. The summed E-state index contributed by atoms with van der Waals surface area (Å²) in [4.78, 5) is 15.0. The van der Waals surface area contributed by atoms with Crippen molar-refractivity contribution in [2.45, 2.75) is 6.92 Å². The third kappa shape index (κ3) is 2.30. The molecule has 1 aromatic heterocycles. The minimum atomic E-state index is -0.440. The number of carbonyl (C=O) groups is 1. The third-order valence-electron chi connectivity index (χ3n) is 1.46. The highest BCUT2D eigenvalue weighted by molar-refractivity contribution is 9.10. The van der Waals surface area contributed by atoms with Gasteiger partial charge in [0.05, 0.1) is 16.6 Å². The summed E-state index contributed by atoms with van der Waals surface area (Å²) in [6.07, 6.45) is 1.32. The van der Waals surface area contributed by atoms with Gasteiger partial charge in [0.1, 0.15) is 6.07 Å². The number of carbonyl (C=O) groups excluding carboxylic acids is 1. The van der Waals surface area contributed by atoms with Crippen LogP contribution in [0.15, 0.2) is 16.7 Å². The van der Waals surface area contributed by atoms with E-state index in [-0.39, 0.29) is 5.69 Å². The van der Waals surface area contributed by atoms with Crippen LogP contribution in [-0.2, 0) is 4.74 Å². The number of rotatable bonds is 2. The molecule has 0 spiro atoms. The van der Waals surface area contributed by atoms with Crippen molar-refractivity contribution in [1.29, 1.82) is 5.26 Å². The van der Waals surface area contributed by atoms with Crippen LogP contribution in [0, 0.1) is 11.3 Å². The van der Waals surface area contributed by atoms with Crippen molar-refractivity contribution in [3.8, 4) is 6.07 Å². The van der Waals surface area contributed by atoms with Crippen LogP contribution in [0.2, 0.25) is 0 Å². The highest BCUT2D eigenvalue weighted by Gasteiger charge is 2.09. The van der Waals surface area contributed by atoms with E-state index in [1.807, 2.05) is 6.07 Å². The molecular formula is C9H7BrN2O2. The highest BCUT2D eigenvalue weighted by atomic mass is 79.9. The van der Waals surface area contributed by atoms with E-state index in [0.29, 0.717) is 16.6 Å². The molecule has 0 fully saturated rings. The van der Waals surface area contributed by atoms with Gasteiger partial charge in [-0.3, -0.25) is 0 Å². The lowest BCUT2D eigenvalue weighted by Crippen LogP contribution is -2.05. The summed E-state index contributed by atoms with van der Waals surface area (Å²) in [5, 5.41) is 8.59. The molecule has 1 aromatic rings. The van der Waals surface area contributed by atoms with E-state index < -0.39 is 5.97 Å². The lowest BCUT2D eigenvalue weighted by molar-refractivity contribution is 0.0526. The third-order valence-corrected chi connectivity index (χ3v) is 2.06. The maximum absolute atomic E-state index is 11.2. The first-order valence-corrected chi connectivity index (χ1v) is 4.71. The van der Waals surface area contributed by atoms with E-state index in [4.69, 9.17) is 10.00 Å². The minimum absolute atomic E-state index is 0.248. The Morgan fingerprint density at radius 1 is 1.79 bits per heavy atom. The Balaban J connectivity index is 2.98. The Bertz CT molecular complexity index is 398. The van der Waals surface area contributed by atoms with Crippen molar-refractivity contribution in [2.24, 2.45) is 0 Å². The number of nitriles is 1. The van der Waals surface area contributed by atoms with Crippen molar-refractivity contribution in [2.75, 3.05) is 6.61 Å². The number of pyridine rings is 1. The topological polar surface area (TPSA) is 63.0 Å². The Hall–Kier alpha value is -1.41. The Morgan fingerprint density at radius 2 is 2.50 bits per heavy atom. The van der Waals surface area contributed by atoms with Crippen molar-refractivity contribution in [1.82, 2.24) is 4.98 Å². The van der Waals surface area contributed by atoms with E-state index in [0.717, 1.165) is 0 Å². The van der Waals surface area contributed by atoms with Crippen LogP contribution in [0.4, 0.5) is 0 Å². The van der Waals surface area contributed by atoms with E-state index in [1.54, 1.807) is 6.92 Å². The second-order valence-corrected chi connectivity index (χ2v) is 3.24. The summed E-state index contributed by atoms with van der Waals surface area (Å²) >= 11 is 3.13. The van der Waals surface area contributed by atoms with Gasteiger partial charge in [0, 0.05) is 6.20 Å². The quantitative estimate of drug-likeness (QED) is 0.757. The first-order chi connectivity index (χ1) is 6.69. The van der Waals surface area contributed by atoms with Crippen molar-refractivity contribution >= 4 is 21.9 Å². The molecule has 0 unspecified atom stereocenters. The highest BCUT2D eigenvalue weighted by Crippen LogP contribution is 2.15. The molecule has 0 aliphatic heterocycles. The first kappa shape index (κ1) is 10.7. The smallest absolute Gasteiger partial charge is 0.339 e. The molecule has 0 saturated carbocycles. The molecule has 4 nitrogen and oxygen atoms in total. The van der Waals surface area contributed by atoms with Crippen molar-refractivity contribution in [3.63, 3.8) is 0 Å². The number of aromatic nitrogens is 1. The van der Waals surface area contributed by atoms with Crippen LogP contribution in [0.5, 0.6) is 0 Å². The second-order valence-electron chi connectivity index (χ2n) is 2.39. The Labute approximate surface area is 89.6 Å². The number of nitrogens with zero attached hydrogens (tertiary/aromatic N) is 2. The maximum Gasteiger partial charge on any atom is 0.339 e. The molecule has 5 heteroatoms. The van der Waals surface area contributed by atoms with Crippen molar-refractivity contribution in [3.05, 3.63) is 28.0 Å². The van der Waals surface area contributed by atoms with Crippen molar-refractivity contribution < 1.29 is 9.53 Å². The molecular weight excluding hydrogens is 248 g/mol. The molecule has 0 saturated heterocycles. The first-order valence-electron chi connectivity index (χ1n) is 3.91. The number of ether oxygens (including phenoxy) is 1. The zero-order valence-corrected chi connectivity index (χ0v) is 9.04. The summed E-state index contributed by atoms with van der Waals surface area (Å²) in [5.74, 6) is -0.440. The molecule has 0 N–H and O–H groups in total. The second kappa shape index (κ2) is 4.72. The maximum atomic E-state index is 11.2. The summed E-state index contributed by atoms with van der Waals surface area (Å²) in [7, 11) is 0. The van der Waals surface area contributed by atoms with Gasteiger partial charge in [0.25, 0.3) is 0 Å². The summed E-state index contributed by atoms with van der Waals surface area (Å²) in [6.45, 7) is 2.04. The predicted octanol–water partition coefficient (Wildman–Crippen LogP) is 1.89. The molecule has 0 aliphatic carbocycles. The zero-order valence-electron chi connectivity index (χ0n) is 7.45. The molecule has 0 aromatic carbocycles. The van der Waals surface area contributed by atoms with E-state index in [9.17, 15) is 4.79 Å². The summed E-state index contributed by atoms with van der Waals surface area (Å²) < 4.78 is 5.27. The predicted molar refractivity (Wildman–Crippen MR) is 52.6 cm³/mol. The van der Waals surface area contributed by atoms with Gasteiger partial charge in [-0.1, -0.05) is 0 Å². The average molecular weight is 255 g/mol. The van der Waals surface area contributed by atoms with Gasteiger partial charge in [0.15, 0.2) is 5.69 Å². The lowest BCUT2D eigenvalue weighted by atomic mass is 10.2. The molecule has 1 heterocycles. The van der Waals surface area contributed by atoms with Gasteiger partial charge in [-0.15, -0.1) is 0 Å². The van der Waals surface area contributed by atoms with Gasteiger partial charge in [-0.05, 0) is 28.9 Å². The molecule has 0 amide bonds. The van der Waals surface area contributed by atoms with Crippen LogP contribution < -0.4 is 0 Å². The van der Waals surface area contributed by atoms with Crippen LogP contribution in [0.3, 0.4) is 0 Å².